The fourth-order valence-electron chi connectivity index (χ4n) is 1.57. The molecule has 3 heteroatoms. The summed E-state index contributed by atoms with van der Waals surface area (Å²) in [4.78, 5) is 0. The number of rotatable bonds is 2. The Morgan fingerprint density at radius 1 is 1.23 bits per heavy atom. The third-order valence-electron chi connectivity index (χ3n) is 2.41. The predicted octanol–water partition coefficient (Wildman–Crippen LogP) is 1.29. The summed E-state index contributed by atoms with van der Waals surface area (Å²) in [5.41, 5.74) is 6.72. The van der Waals surface area contributed by atoms with Crippen molar-refractivity contribution >= 4 is 5.69 Å². The van der Waals surface area contributed by atoms with Gasteiger partial charge in [0.1, 0.15) is 5.75 Å². The molecular formula is C10H14N2O. The molecule has 0 aliphatic heterocycles. The van der Waals surface area contributed by atoms with Crippen LogP contribution in [0.4, 0.5) is 5.69 Å². The fraction of sp³-hybridized carbons (Fsp3) is 0.400. The fourth-order valence-corrected chi connectivity index (χ4v) is 1.57. The van der Waals surface area contributed by atoms with E-state index in [1.807, 2.05) is 12.1 Å². The molecule has 0 amide bonds. The van der Waals surface area contributed by atoms with Crippen molar-refractivity contribution in [1.29, 1.82) is 0 Å². The minimum Gasteiger partial charge on any atom is -0.508 e. The van der Waals surface area contributed by atoms with Crippen LogP contribution in [0.3, 0.4) is 0 Å². The lowest BCUT2D eigenvalue weighted by Gasteiger charge is -2.33. The molecule has 0 atom stereocenters. The monoisotopic (exact) mass is 178 g/mol. The van der Waals surface area contributed by atoms with Crippen LogP contribution in [0.2, 0.25) is 0 Å². The highest BCUT2D eigenvalue weighted by Crippen LogP contribution is 2.23. The lowest BCUT2D eigenvalue weighted by atomic mass is 9.87. The van der Waals surface area contributed by atoms with Crippen LogP contribution >= 0.6 is 0 Å². The van der Waals surface area contributed by atoms with E-state index in [1.54, 1.807) is 12.1 Å². The first-order chi connectivity index (χ1) is 6.24. The maximum absolute atomic E-state index is 9.06. The van der Waals surface area contributed by atoms with Crippen molar-refractivity contribution in [3.05, 3.63) is 24.3 Å². The normalized spacial score (nSPS) is 26.5. The van der Waals surface area contributed by atoms with Crippen molar-refractivity contribution in [2.24, 2.45) is 5.73 Å². The van der Waals surface area contributed by atoms with Gasteiger partial charge in [0, 0.05) is 17.8 Å². The molecule has 4 N–H and O–H groups in total. The van der Waals surface area contributed by atoms with Gasteiger partial charge in [-0.15, -0.1) is 0 Å². The molecule has 13 heavy (non-hydrogen) atoms. The quantitative estimate of drug-likeness (QED) is 0.598. The molecule has 1 aliphatic rings. The molecule has 1 aromatic carbocycles. The minimum atomic E-state index is 0.302. The molecule has 1 fully saturated rings. The Morgan fingerprint density at radius 3 is 2.38 bits per heavy atom. The molecule has 0 aromatic heterocycles. The van der Waals surface area contributed by atoms with Gasteiger partial charge in [-0.25, -0.2) is 0 Å². The number of nitrogens with two attached hydrogens (primary N) is 1. The second-order valence-corrected chi connectivity index (χ2v) is 3.62. The number of phenols is 1. The number of hydrogen-bond donors (Lipinski definition) is 3. The lowest BCUT2D eigenvalue weighted by Crippen LogP contribution is -2.44. The molecule has 0 spiro atoms. The van der Waals surface area contributed by atoms with E-state index in [2.05, 4.69) is 5.32 Å². The van der Waals surface area contributed by atoms with Crippen LogP contribution in [-0.2, 0) is 0 Å². The topological polar surface area (TPSA) is 58.3 Å². The van der Waals surface area contributed by atoms with Gasteiger partial charge in [-0.05, 0) is 37.1 Å². The van der Waals surface area contributed by atoms with Crippen LogP contribution in [0.1, 0.15) is 12.8 Å². The van der Waals surface area contributed by atoms with Gasteiger partial charge in [-0.3, -0.25) is 0 Å². The Hall–Kier alpha value is -1.22. The van der Waals surface area contributed by atoms with Gasteiger partial charge in [-0.2, -0.15) is 0 Å². The van der Waals surface area contributed by atoms with Crippen LogP contribution in [-0.4, -0.2) is 17.2 Å². The highest BCUT2D eigenvalue weighted by molar-refractivity contribution is 5.47. The maximum atomic E-state index is 9.06. The third kappa shape index (κ3) is 1.92. The number of benzene rings is 1. The van der Waals surface area contributed by atoms with E-state index in [4.69, 9.17) is 10.8 Å². The highest BCUT2D eigenvalue weighted by atomic mass is 16.3. The molecule has 0 radical (unpaired) electrons. The molecule has 1 saturated carbocycles. The predicted molar refractivity (Wildman–Crippen MR) is 52.7 cm³/mol. The van der Waals surface area contributed by atoms with Crippen molar-refractivity contribution < 1.29 is 5.11 Å². The van der Waals surface area contributed by atoms with Gasteiger partial charge in [0.05, 0.1) is 0 Å². The van der Waals surface area contributed by atoms with Crippen LogP contribution in [0.15, 0.2) is 24.3 Å². The number of phenolic OH excluding ortho intramolecular Hbond substituents is 1. The molecule has 0 bridgehead atoms. The van der Waals surface area contributed by atoms with Gasteiger partial charge in [-0.1, -0.05) is 0 Å². The average Bonchev–Trinajstić information content (AvgIpc) is 2.06. The van der Waals surface area contributed by atoms with Gasteiger partial charge in [0.2, 0.25) is 0 Å². The molecular weight excluding hydrogens is 164 g/mol. The molecule has 1 aromatic rings. The first-order valence-electron chi connectivity index (χ1n) is 4.55. The van der Waals surface area contributed by atoms with E-state index >= 15 is 0 Å². The number of anilines is 1. The summed E-state index contributed by atoms with van der Waals surface area (Å²) in [6.45, 7) is 0. The largest absolute Gasteiger partial charge is 0.508 e. The smallest absolute Gasteiger partial charge is 0.115 e. The number of aromatic hydroxyl groups is 1. The van der Waals surface area contributed by atoms with Gasteiger partial charge < -0.3 is 16.2 Å². The highest BCUT2D eigenvalue weighted by Gasteiger charge is 2.25. The molecule has 3 nitrogen and oxygen atoms in total. The first-order valence-corrected chi connectivity index (χ1v) is 4.55. The Bertz CT molecular complexity index is 277. The van der Waals surface area contributed by atoms with E-state index < -0.39 is 0 Å². The van der Waals surface area contributed by atoms with E-state index in [0.29, 0.717) is 17.8 Å². The SMILES string of the molecule is NC1CC(Nc2ccc(O)cc2)C1. The number of nitrogens with one attached hydrogen (secondary N) is 1. The standard InChI is InChI=1S/C10H14N2O/c11-7-5-9(6-7)12-8-1-3-10(13)4-2-8/h1-4,7,9,12-13H,5-6,11H2. The lowest BCUT2D eigenvalue weighted by molar-refractivity contribution is 0.373. The molecule has 0 unspecified atom stereocenters. The van der Waals surface area contributed by atoms with Gasteiger partial charge in [0.25, 0.3) is 0 Å². The summed E-state index contributed by atoms with van der Waals surface area (Å²) in [6, 6.07) is 7.99. The zero-order valence-electron chi connectivity index (χ0n) is 7.40. The Balaban J connectivity index is 1.91. The second kappa shape index (κ2) is 3.26. The van der Waals surface area contributed by atoms with Crippen molar-refractivity contribution in [3.8, 4) is 5.75 Å². The van der Waals surface area contributed by atoms with Crippen molar-refractivity contribution in [2.75, 3.05) is 5.32 Å². The minimum absolute atomic E-state index is 0.302. The van der Waals surface area contributed by atoms with Crippen molar-refractivity contribution in [3.63, 3.8) is 0 Å². The average molecular weight is 178 g/mol. The van der Waals surface area contributed by atoms with Crippen LogP contribution in [0, 0.1) is 0 Å². The van der Waals surface area contributed by atoms with Crippen LogP contribution in [0.25, 0.3) is 0 Å². The maximum Gasteiger partial charge on any atom is 0.115 e. The van der Waals surface area contributed by atoms with E-state index in [9.17, 15) is 0 Å². The summed E-state index contributed by atoms with van der Waals surface area (Å²) in [5.74, 6) is 0.302. The summed E-state index contributed by atoms with van der Waals surface area (Å²) in [6.07, 6.45) is 2.09. The van der Waals surface area contributed by atoms with E-state index in [0.717, 1.165) is 18.5 Å². The zero-order chi connectivity index (χ0) is 9.26. The number of hydrogen-bond acceptors (Lipinski definition) is 3. The third-order valence-corrected chi connectivity index (χ3v) is 2.41. The first kappa shape index (κ1) is 8.38. The van der Waals surface area contributed by atoms with Crippen LogP contribution in [0.5, 0.6) is 5.75 Å². The molecule has 2 rings (SSSR count). The van der Waals surface area contributed by atoms with E-state index in [-0.39, 0.29) is 0 Å². The summed E-state index contributed by atoms with van der Waals surface area (Å²) >= 11 is 0. The Morgan fingerprint density at radius 2 is 1.85 bits per heavy atom. The molecule has 1 aliphatic carbocycles. The summed E-state index contributed by atoms with van der Waals surface area (Å²) in [7, 11) is 0. The second-order valence-electron chi connectivity index (χ2n) is 3.62. The molecule has 0 heterocycles. The molecule has 0 saturated heterocycles. The van der Waals surface area contributed by atoms with E-state index in [1.165, 1.54) is 0 Å². The Kier molecular flexibility index (Phi) is 2.10. The van der Waals surface area contributed by atoms with Gasteiger partial charge >= 0.3 is 0 Å². The summed E-state index contributed by atoms with van der Waals surface area (Å²) < 4.78 is 0. The molecule has 70 valence electrons. The van der Waals surface area contributed by atoms with Crippen LogP contribution < -0.4 is 11.1 Å². The van der Waals surface area contributed by atoms with Crippen molar-refractivity contribution in [1.82, 2.24) is 0 Å². The summed E-state index contributed by atoms with van der Waals surface area (Å²) in [5, 5.41) is 12.4. The van der Waals surface area contributed by atoms with Crippen molar-refractivity contribution in [2.45, 2.75) is 24.9 Å². The van der Waals surface area contributed by atoms with Gasteiger partial charge in [0.15, 0.2) is 0 Å². The Labute approximate surface area is 77.6 Å². The zero-order valence-corrected chi connectivity index (χ0v) is 7.40.